The number of rotatable bonds is 5. The summed E-state index contributed by atoms with van der Waals surface area (Å²) in [6, 6.07) is 12.3. The van der Waals surface area contributed by atoms with Gasteiger partial charge in [-0.2, -0.15) is 0 Å². The fourth-order valence-corrected chi connectivity index (χ4v) is 4.95. The lowest BCUT2D eigenvalue weighted by molar-refractivity contribution is -0.138. The topological polar surface area (TPSA) is 101 Å². The predicted molar refractivity (Wildman–Crippen MR) is 121 cm³/mol. The van der Waals surface area contributed by atoms with Gasteiger partial charge in [0.2, 0.25) is 5.91 Å². The quantitative estimate of drug-likeness (QED) is 0.580. The third kappa shape index (κ3) is 3.76. The Kier molecular flexibility index (Phi) is 5.16. The maximum absolute atomic E-state index is 13.2. The molecule has 2 aromatic carbocycles. The Morgan fingerprint density at radius 1 is 1.18 bits per heavy atom. The van der Waals surface area contributed by atoms with Crippen LogP contribution >= 0.6 is 11.3 Å². The minimum Gasteiger partial charge on any atom is -0.486 e. The monoisotopic (exact) mass is 466 g/mol. The highest BCUT2D eigenvalue weighted by Crippen LogP contribution is 2.36. The Bertz CT molecular complexity index is 1240. The highest BCUT2D eigenvalue weighted by molar-refractivity contribution is 7.18. The van der Waals surface area contributed by atoms with Gasteiger partial charge < -0.3 is 19.7 Å². The molecule has 3 heterocycles. The van der Waals surface area contributed by atoms with Crippen molar-refractivity contribution in [3.63, 3.8) is 0 Å². The lowest BCUT2D eigenvalue weighted by Crippen LogP contribution is -2.43. The Morgan fingerprint density at radius 3 is 2.73 bits per heavy atom. The number of carbonyl (C=O) groups excluding carboxylic acids is 3. The summed E-state index contributed by atoms with van der Waals surface area (Å²) >= 11 is 1.51. The van der Waals surface area contributed by atoms with E-state index in [2.05, 4.69) is 10.3 Å². The molecule has 33 heavy (non-hydrogen) atoms. The van der Waals surface area contributed by atoms with Crippen LogP contribution in [-0.2, 0) is 21.7 Å². The average Bonchev–Trinajstić information content (AvgIpc) is 3.32. The number of fused-ring (bicyclic) bond motifs is 2. The number of aromatic nitrogens is 1. The molecule has 0 bridgehead atoms. The maximum Gasteiger partial charge on any atom is 0.325 e. The number of hydrogen-bond donors (Lipinski definition) is 1. The lowest BCUT2D eigenvalue weighted by atomic mass is 9.91. The number of hydrogen-bond acceptors (Lipinski definition) is 7. The van der Waals surface area contributed by atoms with Crippen molar-refractivity contribution >= 4 is 39.4 Å². The zero-order valence-corrected chi connectivity index (χ0v) is 19.0. The van der Waals surface area contributed by atoms with Crippen LogP contribution in [-0.4, -0.2) is 59.4 Å². The number of imide groups is 1. The molecule has 1 atom stereocenters. The van der Waals surface area contributed by atoms with Crippen molar-refractivity contribution in [1.29, 1.82) is 0 Å². The number of urea groups is 1. The second-order valence-electron chi connectivity index (χ2n) is 8.13. The molecule has 2 aliphatic heterocycles. The number of nitrogens with zero attached hydrogens (tertiary/aromatic N) is 3. The standard InChI is InChI=1S/C23H22N4O5S/c1-23(14-7-8-16-17(11-14)32-10-9-31-16)21(29)27(22(30)25-23)13-20(28)26(2)12-19-24-15-5-3-4-6-18(15)33-19/h3-8,11H,9-10,12-13H2,1-2H3,(H,25,30)/t23-/m1/s1. The smallest absolute Gasteiger partial charge is 0.325 e. The van der Waals surface area contributed by atoms with Crippen LogP contribution in [0.5, 0.6) is 11.5 Å². The van der Waals surface area contributed by atoms with Gasteiger partial charge in [-0.25, -0.2) is 9.78 Å². The number of carbonyl (C=O) groups is 3. The summed E-state index contributed by atoms with van der Waals surface area (Å²) in [6.07, 6.45) is 0. The molecule has 1 saturated heterocycles. The summed E-state index contributed by atoms with van der Waals surface area (Å²) in [4.78, 5) is 45.7. The van der Waals surface area contributed by atoms with Crippen LogP contribution in [0.15, 0.2) is 42.5 Å². The Balaban J connectivity index is 1.30. The van der Waals surface area contributed by atoms with E-state index in [0.29, 0.717) is 36.8 Å². The van der Waals surface area contributed by atoms with Crippen molar-refractivity contribution in [1.82, 2.24) is 20.1 Å². The fraction of sp³-hybridized carbons (Fsp3) is 0.304. The average molecular weight is 467 g/mol. The van der Waals surface area contributed by atoms with Crippen LogP contribution < -0.4 is 14.8 Å². The van der Waals surface area contributed by atoms with E-state index in [1.165, 1.54) is 16.2 Å². The van der Waals surface area contributed by atoms with Gasteiger partial charge in [0.25, 0.3) is 5.91 Å². The van der Waals surface area contributed by atoms with E-state index in [1.807, 2.05) is 24.3 Å². The first-order valence-corrected chi connectivity index (χ1v) is 11.3. The van der Waals surface area contributed by atoms with Gasteiger partial charge in [0, 0.05) is 7.05 Å². The fourth-order valence-electron chi connectivity index (χ4n) is 3.93. The molecular weight excluding hydrogens is 444 g/mol. The van der Waals surface area contributed by atoms with Crippen molar-refractivity contribution < 1.29 is 23.9 Å². The van der Waals surface area contributed by atoms with Gasteiger partial charge >= 0.3 is 6.03 Å². The van der Waals surface area contributed by atoms with Gasteiger partial charge in [0.05, 0.1) is 16.8 Å². The molecule has 1 N–H and O–H groups in total. The molecule has 2 aliphatic rings. The minimum atomic E-state index is -1.31. The SMILES string of the molecule is CN(Cc1nc2ccccc2s1)C(=O)CN1C(=O)N[C@](C)(c2ccc3c(c2)OCCO3)C1=O. The Morgan fingerprint density at radius 2 is 1.94 bits per heavy atom. The van der Waals surface area contributed by atoms with Gasteiger partial charge in [-0.3, -0.25) is 14.5 Å². The molecular formula is C23H22N4O5S. The van der Waals surface area contributed by atoms with Gasteiger partial charge in [-0.05, 0) is 36.8 Å². The minimum absolute atomic E-state index is 0.293. The lowest BCUT2D eigenvalue weighted by Gasteiger charge is -2.25. The third-order valence-corrected chi connectivity index (χ3v) is 6.85. The molecule has 0 spiro atoms. The summed E-state index contributed by atoms with van der Waals surface area (Å²) in [6.45, 7) is 2.43. The second kappa shape index (κ2) is 8.04. The van der Waals surface area contributed by atoms with Gasteiger partial charge in [0.1, 0.15) is 30.3 Å². The van der Waals surface area contributed by atoms with Crippen molar-refractivity contribution in [2.75, 3.05) is 26.8 Å². The molecule has 170 valence electrons. The Labute approximate surface area is 193 Å². The van der Waals surface area contributed by atoms with Crippen LogP contribution in [0.25, 0.3) is 10.2 Å². The van der Waals surface area contributed by atoms with Crippen molar-refractivity contribution in [3.05, 3.63) is 53.0 Å². The zero-order valence-electron chi connectivity index (χ0n) is 18.2. The normalized spacial score (nSPS) is 19.6. The highest BCUT2D eigenvalue weighted by Gasteiger charge is 2.50. The number of benzene rings is 2. The molecule has 1 fully saturated rings. The van der Waals surface area contributed by atoms with E-state index in [9.17, 15) is 14.4 Å². The molecule has 0 saturated carbocycles. The summed E-state index contributed by atoms with van der Waals surface area (Å²) in [5.41, 5.74) is 0.129. The predicted octanol–water partition coefficient (Wildman–Crippen LogP) is 2.49. The highest BCUT2D eigenvalue weighted by atomic mass is 32.1. The maximum atomic E-state index is 13.2. The number of thiazole rings is 1. The first kappa shape index (κ1) is 21.2. The first-order valence-electron chi connectivity index (χ1n) is 10.5. The molecule has 9 nitrogen and oxygen atoms in total. The molecule has 1 aromatic heterocycles. The van der Waals surface area contributed by atoms with Gasteiger partial charge in [0.15, 0.2) is 11.5 Å². The van der Waals surface area contributed by atoms with Crippen molar-refractivity contribution in [2.45, 2.75) is 19.0 Å². The molecule has 0 aliphatic carbocycles. The third-order valence-electron chi connectivity index (χ3n) is 5.82. The van der Waals surface area contributed by atoms with Gasteiger partial charge in [-0.1, -0.05) is 18.2 Å². The van der Waals surface area contributed by atoms with Crippen LogP contribution in [0.1, 0.15) is 17.5 Å². The molecule has 3 aromatic rings. The van der Waals surface area contributed by atoms with Crippen LogP contribution in [0.4, 0.5) is 4.79 Å². The number of para-hydroxylation sites is 1. The van der Waals surface area contributed by atoms with Crippen LogP contribution in [0.3, 0.4) is 0 Å². The summed E-state index contributed by atoms with van der Waals surface area (Å²) in [7, 11) is 1.63. The number of ether oxygens (including phenoxy) is 2. The van der Waals surface area contributed by atoms with E-state index in [4.69, 9.17) is 9.47 Å². The van der Waals surface area contributed by atoms with E-state index in [0.717, 1.165) is 20.1 Å². The van der Waals surface area contributed by atoms with E-state index in [1.54, 1.807) is 32.2 Å². The van der Waals surface area contributed by atoms with Crippen molar-refractivity contribution in [2.24, 2.45) is 0 Å². The first-order chi connectivity index (χ1) is 15.8. The molecule has 10 heteroatoms. The molecule has 4 amide bonds. The summed E-state index contributed by atoms with van der Waals surface area (Å²) < 4.78 is 12.2. The molecule has 5 rings (SSSR count). The second-order valence-corrected chi connectivity index (χ2v) is 9.25. The molecule has 0 radical (unpaired) electrons. The van der Waals surface area contributed by atoms with E-state index >= 15 is 0 Å². The summed E-state index contributed by atoms with van der Waals surface area (Å²) in [5.74, 6) is 0.260. The van der Waals surface area contributed by atoms with E-state index in [-0.39, 0.29) is 12.5 Å². The van der Waals surface area contributed by atoms with E-state index < -0.39 is 17.5 Å². The number of nitrogens with one attached hydrogen (secondary N) is 1. The van der Waals surface area contributed by atoms with Gasteiger partial charge in [-0.15, -0.1) is 11.3 Å². The zero-order chi connectivity index (χ0) is 23.2. The largest absolute Gasteiger partial charge is 0.486 e. The van der Waals surface area contributed by atoms with Crippen molar-refractivity contribution in [3.8, 4) is 11.5 Å². The molecule has 0 unspecified atom stereocenters. The number of likely N-dealkylation sites (N-methyl/N-ethyl adjacent to an activating group) is 1. The van der Waals surface area contributed by atoms with Crippen LogP contribution in [0, 0.1) is 0 Å². The Hall–Kier alpha value is -3.66. The van der Waals surface area contributed by atoms with Crippen LogP contribution in [0.2, 0.25) is 0 Å². The number of amides is 4. The summed E-state index contributed by atoms with van der Waals surface area (Å²) in [5, 5.41) is 3.51.